The van der Waals surface area contributed by atoms with E-state index in [9.17, 15) is 0 Å². The third-order valence-corrected chi connectivity index (χ3v) is 4.01. The van der Waals surface area contributed by atoms with Gasteiger partial charge in [-0.05, 0) is 48.4 Å². The molecular weight excluding hydrogens is 278 g/mol. The van der Waals surface area contributed by atoms with Gasteiger partial charge in [0.15, 0.2) is 0 Å². The molecule has 1 atom stereocenters. The standard InChI is InChI=1S/C18H21NO3/c1-12(17-9-16(20-2)6-7-18(17)21-3)19-15-5-4-13-10-22-11-14(13)8-15/h4-9,12,19H,10-11H2,1-3H3/t12-/m1/s1. The highest BCUT2D eigenvalue weighted by Gasteiger charge is 2.15. The van der Waals surface area contributed by atoms with E-state index >= 15 is 0 Å². The van der Waals surface area contributed by atoms with Crippen molar-refractivity contribution < 1.29 is 14.2 Å². The summed E-state index contributed by atoms with van der Waals surface area (Å²) in [5.41, 5.74) is 4.69. The maximum absolute atomic E-state index is 5.46. The molecule has 22 heavy (non-hydrogen) atoms. The van der Waals surface area contributed by atoms with Gasteiger partial charge in [0.05, 0.1) is 33.5 Å². The highest BCUT2D eigenvalue weighted by molar-refractivity contribution is 5.52. The lowest BCUT2D eigenvalue weighted by molar-refractivity contribution is 0.134. The van der Waals surface area contributed by atoms with E-state index in [0.717, 1.165) is 29.4 Å². The zero-order valence-corrected chi connectivity index (χ0v) is 13.2. The SMILES string of the molecule is COc1ccc(OC)c([C@@H](C)Nc2ccc3c(c2)COC3)c1. The van der Waals surface area contributed by atoms with Gasteiger partial charge in [0.2, 0.25) is 0 Å². The zero-order valence-electron chi connectivity index (χ0n) is 13.2. The molecule has 0 saturated carbocycles. The van der Waals surface area contributed by atoms with Crippen LogP contribution < -0.4 is 14.8 Å². The second kappa shape index (κ2) is 6.28. The smallest absolute Gasteiger partial charge is 0.124 e. The Morgan fingerprint density at radius 2 is 1.82 bits per heavy atom. The van der Waals surface area contributed by atoms with Crippen LogP contribution in [0.2, 0.25) is 0 Å². The average molecular weight is 299 g/mol. The molecule has 116 valence electrons. The number of ether oxygens (including phenoxy) is 3. The van der Waals surface area contributed by atoms with Crippen LogP contribution >= 0.6 is 0 Å². The summed E-state index contributed by atoms with van der Waals surface area (Å²) >= 11 is 0. The second-order valence-electron chi connectivity index (χ2n) is 5.45. The Morgan fingerprint density at radius 3 is 2.59 bits per heavy atom. The Kier molecular flexibility index (Phi) is 4.20. The van der Waals surface area contributed by atoms with E-state index < -0.39 is 0 Å². The maximum Gasteiger partial charge on any atom is 0.124 e. The van der Waals surface area contributed by atoms with Crippen molar-refractivity contribution in [3.05, 3.63) is 53.1 Å². The van der Waals surface area contributed by atoms with E-state index in [1.54, 1.807) is 14.2 Å². The van der Waals surface area contributed by atoms with Crippen molar-refractivity contribution in [2.24, 2.45) is 0 Å². The Labute approximate surface area is 131 Å². The van der Waals surface area contributed by atoms with Crippen LogP contribution in [-0.4, -0.2) is 14.2 Å². The summed E-state index contributed by atoms with van der Waals surface area (Å²) < 4.78 is 16.2. The molecule has 0 saturated heterocycles. The number of hydrogen-bond donors (Lipinski definition) is 1. The van der Waals surface area contributed by atoms with E-state index in [0.29, 0.717) is 6.61 Å². The summed E-state index contributed by atoms with van der Waals surface area (Å²) in [5, 5.41) is 3.52. The minimum absolute atomic E-state index is 0.102. The van der Waals surface area contributed by atoms with Crippen molar-refractivity contribution in [1.29, 1.82) is 0 Å². The first kappa shape index (κ1) is 14.7. The molecule has 1 heterocycles. The van der Waals surface area contributed by atoms with Gasteiger partial charge in [0.25, 0.3) is 0 Å². The normalized spacial score (nSPS) is 14.3. The summed E-state index contributed by atoms with van der Waals surface area (Å²) in [7, 11) is 3.36. The lowest BCUT2D eigenvalue weighted by Crippen LogP contribution is -2.08. The first-order valence-corrected chi connectivity index (χ1v) is 7.39. The van der Waals surface area contributed by atoms with E-state index in [1.807, 2.05) is 18.2 Å². The topological polar surface area (TPSA) is 39.7 Å². The number of rotatable bonds is 5. The van der Waals surface area contributed by atoms with Crippen molar-refractivity contribution in [2.75, 3.05) is 19.5 Å². The van der Waals surface area contributed by atoms with Crippen LogP contribution in [0.3, 0.4) is 0 Å². The third kappa shape index (κ3) is 2.88. The minimum Gasteiger partial charge on any atom is -0.497 e. The van der Waals surface area contributed by atoms with Gasteiger partial charge in [0, 0.05) is 11.3 Å². The number of hydrogen-bond acceptors (Lipinski definition) is 4. The van der Waals surface area contributed by atoms with E-state index in [4.69, 9.17) is 14.2 Å². The van der Waals surface area contributed by atoms with Crippen LogP contribution in [0.1, 0.15) is 29.7 Å². The Balaban J connectivity index is 1.83. The van der Waals surface area contributed by atoms with Crippen LogP contribution in [0.5, 0.6) is 11.5 Å². The van der Waals surface area contributed by atoms with Gasteiger partial charge in [0.1, 0.15) is 11.5 Å². The molecular formula is C18H21NO3. The molecule has 0 amide bonds. The predicted octanol–water partition coefficient (Wildman–Crippen LogP) is 3.91. The fraction of sp³-hybridized carbons (Fsp3) is 0.333. The molecule has 0 spiro atoms. The highest BCUT2D eigenvalue weighted by Crippen LogP contribution is 2.32. The van der Waals surface area contributed by atoms with Gasteiger partial charge in [-0.1, -0.05) is 6.07 Å². The molecule has 4 nitrogen and oxygen atoms in total. The van der Waals surface area contributed by atoms with Crippen molar-refractivity contribution in [2.45, 2.75) is 26.2 Å². The third-order valence-electron chi connectivity index (χ3n) is 4.01. The van der Waals surface area contributed by atoms with Gasteiger partial charge in [-0.15, -0.1) is 0 Å². The van der Waals surface area contributed by atoms with Crippen LogP contribution in [-0.2, 0) is 18.0 Å². The fourth-order valence-corrected chi connectivity index (χ4v) is 2.77. The fourth-order valence-electron chi connectivity index (χ4n) is 2.77. The van der Waals surface area contributed by atoms with Crippen molar-refractivity contribution in [1.82, 2.24) is 0 Å². The van der Waals surface area contributed by atoms with Gasteiger partial charge in [-0.25, -0.2) is 0 Å². The molecule has 0 bridgehead atoms. The number of fused-ring (bicyclic) bond motifs is 1. The Hall–Kier alpha value is -2.20. The molecule has 0 aliphatic carbocycles. The summed E-state index contributed by atoms with van der Waals surface area (Å²) in [6, 6.07) is 12.3. The lowest BCUT2D eigenvalue weighted by Gasteiger charge is -2.19. The van der Waals surface area contributed by atoms with Gasteiger partial charge >= 0.3 is 0 Å². The largest absolute Gasteiger partial charge is 0.497 e. The molecule has 1 N–H and O–H groups in total. The molecule has 1 aliphatic heterocycles. The quantitative estimate of drug-likeness (QED) is 0.908. The summed E-state index contributed by atoms with van der Waals surface area (Å²) in [6.07, 6.45) is 0. The zero-order chi connectivity index (χ0) is 15.5. The highest BCUT2D eigenvalue weighted by atomic mass is 16.5. The van der Waals surface area contributed by atoms with Crippen molar-refractivity contribution in [3.8, 4) is 11.5 Å². The second-order valence-corrected chi connectivity index (χ2v) is 5.45. The van der Waals surface area contributed by atoms with E-state index in [1.165, 1.54) is 11.1 Å². The molecule has 2 aromatic carbocycles. The van der Waals surface area contributed by atoms with Crippen molar-refractivity contribution in [3.63, 3.8) is 0 Å². The van der Waals surface area contributed by atoms with Crippen molar-refractivity contribution >= 4 is 5.69 Å². The molecule has 0 fully saturated rings. The first-order chi connectivity index (χ1) is 10.7. The van der Waals surface area contributed by atoms with E-state index in [-0.39, 0.29) is 6.04 Å². The summed E-state index contributed by atoms with van der Waals surface area (Å²) in [6.45, 7) is 3.53. The summed E-state index contributed by atoms with van der Waals surface area (Å²) in [4.78, 5) is 0. The Morgan fingerprint density at radius 1 is 1.00 bits per heavy atom. The minimum atomic E-state index is 0.102. The number of anilines is 1. The number of benzene rings is 2. The monoisotopic (exact) mass is 299 g/mol. The molecule has 0 radical (unpaired) electrons. The number of methoxy groups -OCH3 is 2. The van der Waals surface area contributed by atoms with Crippen LogP contribution in [0, 0.1) is 0 Å². The molecule has 0 aromatic heterocycles. The average Bonchev–Trinajstić information content (AvgIpc) is 3.01. The molecule has 4 heteroatoms. The van der Waals surface area contributed by atoms with Crippen LogP contribution in [0.15, 0.2) is 36.4 Å². The molecule has 2 aromatic rings. The predicted molar refractivity (Wildman–Crippen MR) is 86.5 cm³/mol. The van der Waals surface area contributed by atoms with E-state index in [2.05, 4.69) is 30.4 Å². The summed E-state index contributed by atoms with van der Waals surface area (Å²) in [5.74, 6) is 1.68. The first-order valence-electron chi connectivity index (χ1n) is 7.39. The number of nitrogens with one attached hydrogen (secondary N) is 1. The Bertz CT molecular complexity index is 669. The molecule has 1 aliphatic rings. The van der Waals surface area contributed by atoms with Crippen LogP contribution in [0.25, 0.3) is 0 Å². The van der Waals surface area contributed by atoms with Gasteiger partial charge in [-0.3, -0.25) is 0 Å². The molecule has 3 rings (SSSR count). The maximum atomic E-state index is 5.46. The molecule has 0 unspecified atom stereocenters. The van der Waals surface area contributed by atoms with Crippen LogP contribution in [0.4, 0.5) is 5.69 Å². The van der Waals surface area contributed by atoms with Gasteiger partial charge < -0.3 is 19.5 Å². The van der Waals surface area contributed by atoms with Gasteiger partial charge in [-0.2, -0.15) is 0 Å². The lowest BCUT2D eigenvalue weighted by atomic mass is 10.0.